The molecule has 0 radical (unpaired) electrons. The number of hydrogen-bond acceptors (Lipinski definition) is 9. The van der Waals surface area contributed by atoms with Crippen LogP contribution in [0.1, 0.15) is 5.56 Å². The van der Waals surface area contributed by atoms with Crippen molar-refractivity contribution in [3.63, 3.8) is 0 Å². The van der Waals surface area contributed by atoms with Crippen molar-refractivity contribution < 1.29 is 18.1 Å². The van der Waals surface area contributed by atoms with Crippen LogP contribution in [0.5, 0.6) is 0 Å². The van der Waals surface area contributed by atoms with Gasteiger partial charge in [-0.15, -0.1) is 0 Å². The normalized spacial score (nSPS) is 11.5. The smallest absolute Gasteiger partial charge is 0.368 e. The van der Waals surface area contributed by atoms with Crippen LogP contribution in [-0.4, -0.2) is 63.8 Å². The number of alkyl halides is 3. The van der Waals surface area contributed by atoms with Gasteiger partial charge in [0.2, 0.25) is 5.95 Å². The highest BCUT2D eigenvalue weighted by Gasteiger charge is 2.30. The highest BCUT2D eigenvalue weighted by atomic mass is 19.4. The molecule has 4 rings (SSSR count). The Kier molecular flexibility index (Phi) is 8.18. The Balaban J connectivity index is 1.71. The van der Waals surface area contributed by atoms with Gasteiger partial charge in [-0.25, -0.2) is 4.98 Å². The Morgan fingerprint density at radius 2 is 1.73 bits per heavy atom. The van der Waals surface area contributed by atoms with Crippen molar-refractivity contribution in [1.82, 2.24) is 24.6 Å². The topological polar surface area (TPSA) is 117 Å². The first-order valence-electron chi connectivity index (χ1n) is 12.1. The molecule has 0 bridgehead atoms. The molecule has 2 heterocycles. The summed E-state index contributed by atoms with van der Waals surface area (Å²) in [7, 11) is 7.37. The molecule has 210 valence electrons. The van der Waals surface area contributed by atoms with Gasteiger partial charge in [0, 0.05) is 56.9 Å². The number of anilines is 5. The average molecular weight is 556 g/mol. The second-order valence-electron chi connectivity index (χ2n) is 9.37. The maximum atomic E-state index is 13.1. The summed E-state index contributed by atoms with van der Waals surface area (Å²) in [5.74, 6) is 0.435. The average Bonchev–Trinajstić information content (AvgIpc) is 3.31. The molecule has 0 aliphatic heterocycles. The van der Waals surface area contributed by atoms with Crippen LogP contribution in [0.25, 0.3) is 11.1 Å². The first-order chi connectivity index (χ1) is 18.9. The van der Waals surface area contributed by atoms with E-state index in [0.29, 0.717) is 41.3 Å². The van der Waals surface area contributed by atoms with E-state index in [1.807, 2.05) is 19.0 Å². The van der Waals surface area contributed by atoms with Crippen LogP contribution < -0.4 is 15.5 Å². The quantitative estimate of drug-likeness (QED) is 0.199. The van der Waals surface area contributed by atoms with Gasteiger partial charge >= 0.3 is 6.18 Å². The van der Waals surface area contributed by atoms with Crippen molar-refractivity contribution in [3.8, 4) is 11.1 Å². The lowest BCUT2D eigenvalue weighted by Crippen LogP contribution is -2.28. The highest BCUT2D eigenvalue weighted by molar-refractivity contribution is 5.80. The van der Waals surface area contributed by atoms with E-state index in [-0.39, 0.29) is 17.5 Å². The third-order valence-electron chi connectivity index (χ3n) is 6.00. The number of likely N-dealkylation sites (N-methyl/N-ethyl adjacent to an activating group) is 2. The number of nitro groups is 1. The third-order valence-corrected chi connectivity index (χ3v) is 6.00. The minimum absolute atomic E-state index is 0.106. The highest BCUT2D eigenvalue weighted by Crippen LogP contribution is 2.36. The van der Waals surface area contributed by atoms with Gasteiger partial charge < -0.3 is 20.4 Å². The van der Waals surface area contributed by atoms with Crippen molar-refractivity contribution >= 4 is 34.5 Å². The van der Waals surface area contributed by atoms with Gasteiger partial charge in [-0.1, -0.05) is 12.1 Å². The zero-order valence-corrected chi connectivity index (χ0v) is 22.3. The molecular weight excluding hydrogens is 527 g/mol. The number of nitrogens with one attached hydrogen (secondary N) is 2. The monoisotopic (exact) mass is 555 g/mol. The molecule has 40 heavy (non-hydrogen) atoms. The molecule has 0 saturated carbocycles. The number of nitro benzene ring substituents is 1. The molecule has 0 amide bonds. The summed E-state index contributed by atoms with van der Waals surface area (Å²) in [6.45, 7) is 1.28. The van der Waals surface area contributed by atoms with Crippen LogP contribution in [0.4, 0.5) is 47.7 Å². The van der Waals surface area contributed by atoms with Gasteiger partial charge in [-0.2, -0.15) is 23.3 Å². The maximum absolute atomic E-state index is 13.1. The van der Waals surface area contributed by atoms with Crippen molar-refractivity contribution in [2.24, 2.45) is 7.05 Å². The number of benzene rings is 2. The zero-order valence-electron chi connectivity index (χ0n) is 22.3. The number of aryl methyl sites for hydroxylation is 1. The van der Waals surface area contributed by atoms with Crippen LogP contribution in [0.3, 0.4) is 0 Å². The fraction of sp³-hybridized carbons (Fsp3) is 0.269. The molecule has 0 aliphatic rings. The van der Waals surface area contributed by atoms with Crippen LogP contribution in [0.2, 0.25) is 0 Å². The number of hydrogen-bond donors (Lipinski definition) is 2. The first kappa shape index (κ1) is 28.3. The van der Waals surface area contributed by atoms with Crippen LogP contribution in [0.15, 0.2) is 61.1 Å². The van der Waals surface area contributed by atoms with Crippen LogP contribution >= 0.6 is 0 Å². The first-order valence-corrected chi connectivity index (χ1v) is 12.1. The van der Waals surface area contributed by atoms with E-state index in [1.165, 1.54) is 24.4 Å². The Bertz CT molecular complexity index is 1490. The molecule has 0 spiro atoms. The summed E-state index contributed by atoms with van der Waals surface area (Å²) in [6, 6.07) is 9.33. The summed E-state index contributed by atoms with van der Waals surface area (Å²) >= 11 is 0. The third kappa shape index (κ3) is 6.83. The molecule has 11 nitrogen and oxygen atoms in total. The minimum Gasteiger partial charge on any atom is -0.368 e. The standard InChI is InChI=1S/C26H28F3N9O2/c1-35(2)11-12-36(3)22-10-9-19(13-23(22)38(39)40)32-24-21(17-5-7-18(8-6-17)26(27,28)29)15-30-25(34-24)33-20-14-31-37(4)16-20/h5-10,13-16H,11-12H2,1-4H3,(H2,30,32,33,34). The number of nitrogens with zero attached hydrogens (tertiary/aromatic N) is 7. The second-order valence-corrected chi connectivity index (χ2v) is 9.37. The molecule has 0 fully saturated rings. The van der Waals surface area contributed by atoms with Gasteiger partial charge in [0.1, 0.15) is 11.5 Å². The summed E-state index contributed by atoms with van der Waals surface area (Å²) in [5.41, 5.74) is 1.38. The van der Waals surface area contributed by atoms with Crippen LogP contribution in [-0.2, 0) is 13.2 Å². The molecule has 0 unspecified atom stereocenters. The molecular formula is C26H28F3N9O2. The Morgan fingerprint density at radius 1 is 1.00 bits per heavy atom. The molecule has 0 aliphatic carbocycles. The van der Waals surface area contributed by atoms with E-state index in [1.54, 1.807) is 48.2 Å². The van der Waals surface area contributed by atoms with Crippen molar-refractivity contribution in [2.45, 2.75) is 6.18 Å². The van der Waals surface area contributed by atoms with E-state index in [0.717, 1.165) is 12.1 Å². The molecule has 4 aromatic rings. The lowest BCUT2D eigenvalue weighted by Gasteiger charge is -2.22. The maximum Gasteiger partial charge on any atom is 0.416 e. The fourth-order valence-corrected chi connectivity index (χ4v) is 3.88. The molecule has 0 saturated heterocycles. The van der Waals surface area contributed by atoms with Gasteiger partial charge in [-0.3, -0.25) is 14.8 Å². The van der Waals surface area contributed by atoms with Crippen molar-refractivity contribution in [2.75, 3.05) is 49.8 Å². The van der Waals surface area contributed by atoms with Crippen LogP contribution in [0, 0.1) is 10.1 Å². The molecule has 14 heteroatoms. The Labute approximate surface area is 228 Å². The number of rotatable bonds is 10. The number of aromatic nitrogens is 4. The summed E-state index contributed by atoms with van der Waals surface area (Å²) in [6.07, 6.45) is 0.284. The SMILES string of the molecule is CN(C)CCN(C)c1ccc(Nc2nc(Nc3cnn(C)c3)ncc2-c2ccc(C(F)(F)F)cc2)cc1[N+](=O)[O-]. The largest absolute Gasteiger partial charge is 0.416 e. The van der Waals surface area contributed by atoms with E-state index in [2.05, 4.69) is 25.7 Å². The predicted molar refractivity (Wildman–Crippen MR) is 147 cm³/mol. The van der Waals surface area contributed by atoms with E-state index >= 15 is 0 Å². The van der Waals surface area contributed by atoms with Gasteiger partial charge in [0.05, 0.1) is 22.4 Å². The van der Waals surface area contributed by atoms with Crippen molar-refractivity contribution in [3.05, 3.63) is 76.7 Å². The van der Waals surface area contributed by atoms with E-state index in [9.17, 15) is 23.3 Å². The number of halogens is 3. The molecule has 2 aromatic carbocycles. The van der Waals surface area contributed by atoms with Gasteiger partial charge in [-0.05, 0) is 43.9 Å². The van der Waals surface area contributed by atoms with E-state index in [4.69, 9.17) is 0 Å². The lowest BCUT2D eigenvalue weighted by atomic mass is 10.1. The van der Waals surface area contributed by atoms with E-state index < -0.39 is 16.7 Å². The van der Waals surface area contributed by atoms with Gasteiger partial charge in [0.15, 0.2) is 0 Å². The van der Waals surface area contributed by atoms with Gasteiger partial charge in [0.25, 0.3) is 5.69 Å². The minimum atomic E-state index is -4.48. The van der Waals surface area contributed by atoms with Crippen molar-refractivity contribution in [1.29, 1.82) is 0 Å². The summed E-state index contributed by atoms with van der Waals surface area (Å²) in [5, 5.41) is 22.1. The molecule has 2 aromatic heterocycles. The molecule has 2 N–H and O–H groups in total. The summed E-state index contributed by atoms with van der Waals surface area (Å²) in [4.78, 5) is 24.1. The summed E-state index contributed by atoms with van der Waals surface area (Å²) < 4.78 is 40.9. The Hall–Kier alpha value is -4.72. The lowest BCUT2D eigenvalue weighted by molar-refractivity contribution is -0.384. The fourth-order valence-electron chi connectivity index (χ4n) is 3.88. The second kappa shape index (κ2) is 11.6. The molecule has 0 atom stereocenters. The zero-order chi connectivity index (χ0) is 29.0. The Morgan fingerprint density at radius 3 is 2.33 bits per heavy atom. The predicted octanol–water partition coefficient (Wildman–Crippen LogP) is 5.29.